The van der Waals surface area contributed by atoms with E-state index in [1.54, 1.807) is 11.3 Å². The average molecular weight is 327 g/mol. The van der Waals surface area contributed by atoms with E-state index >= 15 is 0 Å². The summed E-state index contributed by atoms with van der Waals surface area (Å²) in [6.07, 6.45) is 3.67. The molecule has 1 aliphatic rings. The Morgan fingerprint density at radius 3 is 2.95 bits per heavy atom. The van der Waals surface area contributed by atoms with Crippen LogP contribution >= 0.6 is 23.1 Å². The summed E-state index contributed by atoms with van der Waals surface area (Å²) >= 11 is 3.55. The molecule has 0 saturated heterocycles. The van der Waals surface area contributed by atoms with Gasteiger partial charge in [0.2, 0.25) is 0 Å². The lowest BCUT2D eigenvalue weighted by Crippen LogP contribution is -2.07. The van der Waals surface area contributed by atoms with E-state index in [9.17, 15) is 0 Å². The maximum absolute atomic E-state index is 4.42. The predicted octanol–water partition coefficient (Wildman–Crippen LogP) is 4.71. The normalized spacial score (nSPS) is 17.4. The molecule has 1 atom stereocenters. The number of thioether (sulfide) groups is 1. The van der Waals surface area contributed by atoms with E-state index in [-0.39, 0.29) is 0 Å². The summed E-state index contributed by atoms with van der Waals surface area (Å²) in [5.41, 5.74) is 2.96. The molecule has 3 nitrogen and oxygen atoms in total. The molecule has 0 aliphatic heterocycles. The fourth-order valence-corrected chi connectivity index (χ4v) is 4.97. The molecule has 2 aromatic heterocycles. The van der Waals surface area contributed by atoms with E-state index < -0.39 is 0 Å². The molecule has 0 N–H and O–H groups in total. The van der Waals surface area contributed by atoms with Gasteiger partial charge in [0.15, 0.2) is 11.0 Å². The van der Waals surface area contributed by atoms with Crippen molar-refractivity contribution >= 4 is 23.1 Å². The summed E-state index contributed by atoms with van der Waals surface area (Å²) in [6.45, 7) is 0. The molecule has 1 aliphatic carbocycles. The van der Waals surface area contributed by atoms with E-state index in [2.05, 4.69) is 63.6 Å². The van der Waals surface area contributed by atoms with Crippen molar-refractivity contribution < 1.29 is 0 Å². The molecule has 0 fully saturated rings. The average Bonchev–Trinajstić information content (AvgIpc) is 3.18. The van der Waals surface area contributed by atoms with Gasteiger partial charge in [0.25, 0.3) is 0 Å². The maximum atomic E-state index is 4.42. The van der Waals surface area contributed by atoms with Crippen LogP contribution in [0.2, 0.25) is 0 Å². The van der Waals surface area contributed by atoms with Crippen molar-refractivity contribution in [2.24, 2.45) is 7.05 Å². The molecule has 3 aromatic rings. The van der Waals surface area contributed by atoms with Gasteiger partial charge in [0.1, 0.15) is 0 Å². The van der Waals surface area contributed by atoms with Crippen molar-refractivity contribution in [3.05, 3.63) is 52.9 Å². The van der Waals surface area contributed by atoms with E-state index in [1.165, 1.54) is 35.3 Å². The van der Waals surface area contributed by atoms with Gasteiger partial charge in [-0.15, -0.1) is 21.5 Å². The van der Waals surface area contributed by atoms with Crippen molar-refractivity contribution in [1.29, 1.82) is 0 Å². The van der Waals surface area contributed by atoms with Crippen molar-refractivity contribution in [3.63, 3.8) is 0 Å². The molecule has 1 aromatic carbocycles. The lowest BCUT2D eigenvalue weighted by molar-refractivity contribution is 0.668. The highest BCUT2D eigenvalue weighted by molar-refractivity contribution is 7.99. The van der Waals surface area contributed by atoms with Crippen LogP contribution in [0.3, 0.4) is 0 Å². The van der Waals surface area contributed by atoms with E-state index in [4.69, 9.17) is 0 Å². The first-order valence-electron chi connectivity index (χ1n) is 7.50. The SMILES string of the molecule is Cn1c(SC2CCCc3ccccc32)nnc1-c1cccs1. The van der Waals surface area contributed by atoms with Crippen LogP contribution in [-0.4, -0.2) is 14.8 Å². The van der Waals surface area contributed by atoms with Crippen molar-refractivity contribution in [2.75, 3.05) is 0 Å². The number of aryl methyl sites for hydroxylation is 1. The van der Waals surface area contributed by atoms with Gasteiger partial charge in [-0.05, 0) is 41.8 Å². The molecule has 1 unspecified atom stereocenters. The zero-order valence-corrected chi connectivity index (χ0v) is 14.0. The van der Waals surface area contributed by atoms with Gasteiger partial charge in [-0.3, -0.25) is 0 Å². The summed E-state index contributed by atoms with van der Waals surface area (Å²) in [5.74, 6) is 0.960. The summed E-state index contributed by atoms with van der Waals surface area (Å²) in [6, 6.07) is 13.0. The molecule has 112 valence electrons. The van der Waals surface area contributed by atoms with Gasteiger partial charge in [0.05, 0.1) is 4.88 Å². The van der Waals surface area contributed by atoms with Crippen molar-refractivity contribution in [3.8, 4) is 10.7 Å². The molecular weight excluding hydrogens is 310 g/mol. The van der Waals surface area contributed by atoms with Gasteiger partial charge >= 0.3 is 0 Å². The predicted molar refractivity (Wildman–Crippen MR) is 92.3 cm³/mol. The van der Waals surface area contributed by atoms with Crippen LogP contribution in [0.15, 0.2) is 46.9 Å². The smallest absolute Gasteiger partial charge is 0.191 e. The van der Waals surface area contributed by atoms with Gasteiger partial charge in [-0.1, -0.05) is 42.1 Å². The standard InChI is InChI=1S/C17H17N3S2/c1-20-16(15-10-5-11-21-15)18-19-17(20)22-14-9-4-7-12-6-2-3-8-13(12)14/h2-3,5-6,8,10-11,14H,4,7,9H2,1H3. The Kier molecular flexibility index (Phi) is 3.76. The minimum Gasteiger partial charge on any atom is -0.304 e. The fourth-order valence-electron chi connectivity index (χ4n) is 3.00. The molecular formula is C17H17N3S2. The van der Waals surface area contributed by atoms with Crippen LogP contribution in [0, 0.1) is 0 Å². The zero-order chi connectivity index (χ0) is 14.9. The first kappa shape index (κ1) is 14.0. The van der Waals surface area contributed by atoms with Gasteiger partial charge in [-0.2, -0.15) is 0 Å². The molecule has 2 heterocycles. The van der Waals surface area contributed by atoms with Crippen LogP contribution in [0.4, 0.5) is 0 Å². The number of hydrogen-bond acceptors (Lipinski definition) is 4. The lowest BCUT2D eigenvalue weighted by Gasteiger charge is -2.24. The molecule has 0 spiro atoms. The number of aromatic nitrogens is 3. The van der Waals surface area contributed by atoms with Crippen molar-refractivity contribution in [1.82, 2.24) is 14.8 Å². The Labute approximate surface area is 138 Å². The quantitative estimate of drug-likeness (QED) is 0.698. The molecule has 4 rings (SSSR count). The first-order valence-corrected chi connectivity index (χ1v) is 9.26. The topological polar surface area (TPSA) is 30.7 Å². The Hall–Kier alpha value is -1.59. The van der Waals surface area contributed by atoms with Gasteiger partial charge < -0.3 is 4.57 Å². The summed E-state index contributed by atoms with van der Waals surface area (Å²) in [4.78, 5) is 1.17. The number of benzene rings is 1. The first-order chi connectivity index (χ1) is 10.8. The van der Waals surface area contributed by atoms with Crippen molar-refractivity contribution in [2.45, 2.75) is 29.7 Å². The third-order valence-electron chi connectivity index (χ3n) is 4.14. The number of rotatable bonds is 3. The number of fused-ring (bicyclic) bond motifs is 1. The minimum absolute atomic E-state index is 0.490. The van der Waals surface area contributed by atoms with E-state index in [0.29, 0.717) is 5.25 Å². The van der Waals surface area contributed by atoms with E-state index in [0.717, 1.165) is 11.0 Å². The summed E-state index contributed by atoms with van der Waals surface area (Å²) in [5, 5.41) is 12.4. The third-order valence-corrected chi connectivity index (χ3v) is 6.34. The van der Waals surface area contributed by atoms with Gasteiger partial charge in [-0.25, -0.2) is 0 Å². The van der Waals surface area contributed by atoms with Crippen LogP contribution < -0.4 is 0 Å². The highest BCUT2D eigenvalue weighted by Crippen LogP contribution is 2.43. The summed E-state index contributed by atoms with van der Waals surface area (Å²) < 4.78 is 2.12. The molecule has 0 bridgehead atoms. The second-order valence-corrected chi connectivity index (χ2v) is 7.66. The van der Waals surface area contributed by atoms with Crippen LogP contribution in [-0.2, 0) is 13.5 Å². The zero-order valence-electron chi connectivity index (χ0n) is 12.4. The second-order valence-electron chi connectivity index (χ2n) is 5.54. The largest absolute Gasteiger partial charge is 0.304 e. The Balaban J connectivity index is 1.63. The molecule has 22 heavy (non-hydrogen) atoms. The molecule has 0 amide bonds. The highest BCUT2D eigenvalue weighted by Gasteiger charge is 2.23. The van der Waals surface area contributed by atoms with Gasteiger partial charge in [0, 0.05) is 12.3 Å². The third kappa shape index (κ3) is 2.48. The minimum atomic E-state index is 0.490. The summed E-state index contributed by atoms with van der Waals surface area (Å²) in [7, 11) is 2.06. The number of nitrogens with zero attached hydrogens (tertiary/aromatic N) is 3. The monoisotopic (exact) mass is 327 g/mol. The van der Waals surface area contributed by atoms with E-state index in [1.807, 2.05) is 11.8 Å². The Morgan fingerprint density at radius 2 is 2.09 bits per heavy atom. The molecule has 0 radical (unpaired) electrons. The molecule has 0 saturated carbocycles. The fraction of sp³-hybridized carbons (Fsp3) is 0.294. The lowest BCUT2D eigenvalue weighted by atomic mass is 9.91. The highest BCUT2D eigenvalue weighted by atomic mass is 32.2. The second kappa shape index (κ2) is 5.89. The van der Waals surface area contributed by atoms with Crippen LogP contribution in [0.25, 0.3) is 10.7 Å². The Morgan fingerprint density at radius 1 is 1.18 bits per heavy atom. The van der Waals surface area contributed by atoms with Crippen LogP contribution in [0.1, 0.15) is 29.2 Å². The molecule has 5 heteroatoms. The Bertz CT molecular complexity index is 777. The van der Waals surface area contributed by atoms with Crippen LogP contribution in [0.5, 0.6) is 0 Å². The number of thiophene rings is 1. The number of hydrogen-bond donors (Lipinski definition) is 0. The maximum Gasteiger partial charge on any atom is 0.191 e.